The van der Waals surface area contributed by atoms with E-state index in [1.54, 1.807) is 10.6 Å². The molecule has 4 heterocycles. The van der Waals surface area contributed by atoms with Crippen LogP contribution < -0.4 is 10.8 Å². The Hall–Kier alpha value is -1.97. The van der Waals surface area contributed by atoms with Crippen molar-refractivity contribution < 1.29 is 23.2 Å². The van der Waals surface area contributed by atoms with Gasteiger partial charge in [-0.2, -0.15) is 0 Å². The second kappa shape index (κ2) is 6.54. The van der Waals surface area contributed by atoms with Crippen LogP contribution in [0.15, 0.2) is 24.5 Å². The number of carbonyl (C=O) groups excluding carboxylic acids is 1. The van der Waals surface area contributed by atoms with Crippen molar-refractivity contribution in [3.8, 4) is 0 Å². The van der Waals surface area contributed by atoms with Gasteiger partial charge in [-0.1, -0.05) is 6.07 Å². The van der Waals surface area contributed by atoms with Crippen LogP contribution in [0.5, 0.6) is 0 Å². The van der Waals surface area contributed by atoms with Crippen molar-refractivity contribution in [1.82, 2.24) is 9.38 Å². The van der Waals surface area contributed by atoms with E-state index in [2.05, 4.69) is 10.3 Å². The van der Waals surface area contributed by atoms with Crippen molar-refractivity contribution in [2.24, 2.45) is 0 Å². The summed E-state index contributed by atoms with van der Waals surface area (Å²) < 4.78 is 33.8. The molecule has 2 aromatic heterocycles. The largest absolute Gasteiger partial charge is 0.496 e. The number of nitrogens with one attached hydrogen (secondary N) is 1. The van der Waals surface area contributed by atoms with E-state index < -0.39 is 29.9 Å². The van der Waals surface area contributed by atoms with Crippen LogP contribution in [0.25, 0.3) is 5.65 Å². The zero-order valence-corrected chi connectivity index (χ0v) is 16.6. The summed E-state index contributed by atoms with van der Waals surface area (Å²) >= 11 is 0. The fourth-order valence-electron chi connectivity index (χ4n) is 3.34. The van der Waals surface area contributed by atoms with E-state index in [-0.39, 0.29) is 26.1 Å². The zero-order chi connectivity index (χ0) is 20.2. The van der Waals surface area contributed by atoms with Crippen LogP contribution in [-0.2, 0) is 18.8 Å². The highest BCUT2D eigenvalue weighted by atomic mass is 19.1. The Balaban J connectivity index is 1.53. The fourth-order valence-corrected chi connectivity index (χ4v) is 3.34. The monoisotopic (exact) mass is 389 g/mol. The lowest BCUT2D eigenvalue weighted by Crippen LogP contribution is -2.43. The van der Waals surface area contributed by atoms with Gasteiger partial charge in [0.1, 0.15) is 5.65 Å². The molecule has 0 aliphatic carbocycles. The minimum Gasteiger partial charge on any atom is -0.399 e. The minimum atomic E-state index is -1.91. The molecule has 0 bridgehead atoms. The molecule has 2 fully saturated rings. The van der Waals surface area contributed by atoms with Gasteiger partial charge in [0.05, 0.1) is 30.6 Å². The van der Waals surface area contributed by atoms with Crippen LogP contribution in [0.2, 0.25) is 0 Å². The molecule has 2 aliphatic rings. The first-order chi connectivity index (χ1) is 13.1. The number of hydrogen-bond acceptors (Lipinski definition) is 5. The molecule has 0 radical (unpaired) electrons. The fraction of sp³-hybridized carbons (Fsp3) is 0.579. The molecular formula is C19H25BFN3O4. The SMILES string of the molecule is CC1(C)OB(c2ccc3nc(NC(=O)C4(F)CCOCC4)cn3c2)OC1(C)C. The second-order valence-electron chi connectivity index (χ2n) is 8.47. The maximum absolute atomic E-state index is 14.8. The lowest BCUT2D eigenvalue weighted by atomic mass is 9.80. The molecule has 150 valence electrons. The van der Waals surface area contributed by atoms with Crippen LogP contribution in [-0.4, -0.2) is 52.5 Å². The maximum Gasteiger partial charge on any atom is 0.496 e. The Morgan fingerprint density at radius 3 is 2.43 bits per heavy atom. The number of amides is 1. The van der Waals surface area contributed by atoms with Crippen molar-refractivity contribution >= 4 is 30.0 Å². The number of anilines is 1. The predicted molar refractivity (Wildman–Crippen MR) is 103 cm³/mol. The Morgan fingerprint density at radius 2 is 1.79 bits per heavy atom. The average Bonchev–Trinajstić information content (AvgIpc) is 3.11. The van der Waals surface area contributed by atoms with Gasteiger partial charge in [0.25, 0.3) is 5.91 Å². The molecule has 0 spiro atoms. The Labute approximate surface area is 163 Å². The summed E-state index contributed by atoms with van der Waals surface area (Å²) in [7, 11) is -0.494. The molecule has 2 saturated heterocycles. The number of rotatable bonds is 3. The summed E-state index contributed by atoms with van der Waals surface area (Å²) in [5, 5.41) is 2.59. The molecule has 0 unspecified atom stereocenters. The lowest BCUT2D eigenvalue weighted by Gasteiger charge is -2.32. The van der Waals surface area contributed by atoms with Crippen molar-refractivity contribution in [1.29, 1.82) is 0 Å². The van der Waals surface area contributed by atoms with E-state index in [4.69, 9.17) is 14.0 Å². The summed E-state index contributed by atoms with van der Waals surface area (Å²) in [4.78, 5) is 16.7. The third-order valence-corrected chi connectivity index (χ3v) is 5.93. The summed E-state index contributed by atoms with van der Waals surface area (Å²) in [6, 6.07) is 3.70. The van der Waals surface area contributed by atoms with Gasteiger partial charge in [0, 0.05) is 19.0 Å². The number of ether oxygens (including phenoxy) is 1. The molecule has 9 heteroatoms. The Kier molecular flexibility index (Phi) is 4.52. The molecule has 2 aromatic rings. The molecule has 0 atom stereocenters. The van der Waals surface area contributed by atoms with E-state index in [1.165, 1.54) is 0 Å². The van der Waals surface area contributed by atoms with Crippen molar-refractivity contribution in [3.63, 3.8) is 0 Å². The highest BCUT2D eigenvalue weighted by Crippen LogP contribution is 2.36. The summed E-state index contributed by atoms with van der Waals surface area (Å²) in [5.41, 5.74) is -1.30. The molecular weight excluding hydrogens is 364 g/mol. The summed E-state index contributed by atoms with van der Waals surface area (Å²) in [5.74, 6) is -0.370. The first kappa shape index (κ1) is 19.4. The first-order valence-corrected chi connectivity index (χ1v) is 9.52. The van der Waals surface area contributed by atoms with Gasteiger partial charge in [0.2, 0.25) is 0 Å². The summed E-state index contributed by atoms with van der Waals surface area (Å²) in [6.45, 7) is 8.48. The van der Waals surface area contributed by atoms with Gasteiger partial charge >= 0.3 is 7.12 Å². The number of nitrogens with zero attached hydrogens (tertiary/aromatic N) is 2. The third-order valence-electron chi connectivity index (χ3n) is 5.93. The quantitative estimate of drug-likeness (QED) is 0.814. The number of halogens is 1. The molecule has 2 aliphatic heterocycles. The molecule has 28 heavy (non-hydrogen) atoms. The van der Waals surface area contributed by atoms with Crippen LogP contribution >= 0.6 is 0 Å². The van der Waals surface area contributed by atoms with Gasteiger partial charge in [-0.15, -0.1) is 0 Å². The summed E-state index contributed by atoms with van der Waals surface area (Å²) in [6.07, 6.45) is 3.61. The first-order valence-electron chi connectivity index (χ1n) is 9.52. The Bertz CT molecular complexity index is 892. The smallest absolute Gasteiger partial charge is 0.399 e. The molecule has 1 amide bonds. The van der Waals surface area contributed by atoms with Crippen LogP contribution in [0.3, 0.4) is 0 Å². The number of hydrogen-bond donors (Lipinski definition) is 1. The zero-order valence-electron chi connectivity index (χ0n) is 16.6. The second-order valence-corrected chi connectivity index (χ2v) is 8.47. The van der Waals surface area contributed by atoms with Crippen molar-refractivity contribution in [3.05, 3.63) is 24.5 Å². The molecule has 1 N–H and O–H groups in total. The number of fused-ring (bicyclic) bond motifs is 1. The van der Waals surface area contributed by atoms with E-state index >= 15 is 0 Å². The van der Waals surface area contributed by atoms with E-state index in [9.17, 15) is 9.18 Å². The number of imidazole rings is 1. The number of pyridine rings is 1. The van der Waals surface area contributed by atoms with Crippen molar-refractivity contribution in [2.45, 2.75) is 57.4 Å². The number of alkyl halides is 1. The van der Waals surface area contributed by atoms with Crippen LogP contribution in [0, 0.1) is 0 Å². The number of aromatic nitrogens is 2. The van der Waals surface area contributed by atoms with Gasteiger partial charge in [-0.3, -0.25) is 4.79 Å². The molecule has 7 nitrogen and oxygen atoms in total. The van der Waals surface area contributed by atoms with E-state index in [0.29, 0.717) is 11.5 Å². The van der Waals surface area contributed by atoms with E-state index in [0.717, 1.165) is 5.46 Å². The molecule has 4 rings (SSSR count). The highest BCUT2D eigenvalue weighted by molar-refractivity contribution is 6.62. The third kappa shape index (κ3) is 3.31. The number of carbonyl (C=O) groups is 1. The maximum atomic E-state index is 14.8. The van der Waals surface area contributed by atoms with Crippen molar-refractivity contribution in [2.75, 3.05) is 18.5 Å². The lowest BCUT2D eigenvalue weighted by molar-refractivity contribution is -0.133. The van der Waals surface area contributed by atoms with Crippen LogP contribution in [0.4, 0.5) is 10.2 Å². The normalized spacial score (nSPS) is 23.1. The minimum absolute atomic E-state index is 0.0539. The van der Waals surface area contributed by atoms with Gasteiger partial charge in [-0.25, -0.2) is 9.37 Å². The topological polar surface area (TPSA) is 74.1 Å². The Morgan fingerprint density at radius 1 is 1.14 bits per heavy atom. The predicted octanol–water partition coefficient (Wildman–Crippen LogP) is 2.09. The van der Waals surface area contributed by atoms with Gasteiger partial charge in [-0.05, 0) is 39.2 Å². The van der Waals surface area contributed by atoms with Crippen LogP contribution in [0.1, 0.15) is 40.5 Å². The highest BCUT2D eigenvalue weighted by Gasteiger charge is 2.51. The molecule has 0 saturated carbocycles. The van der Waals surface area contributed by atoms with Gasteiger partial charge < -0.3 is 23.8 Å². The standard InChI is InChI=1S/C19H25BFN3O4/c1-17(2)18(3,4)28-20(27-17)13-5-6-15-22-14(12-24(15)11-13)23-16(25)19(21)7-9-26-10-8-19/h5-6,11-12H,7-10H2,1-4H3,(H,23,25). The van der Waals surface area contributed by atoms with E-state index in [1.807, 2.05) is 46.0 Å². The van der Waals surface area contributed by atoms with Gasteiger partial charge in [0.15, 0.2) is 11.5 Å². The average molecular weight is 389 g/mol. The molecule has 0 aromatic carbocycles.